The third kappa shape index (κ3) is 2.67. The Morgan fingerprint density at radius 2 is 2.00 bits per heavy atom. The van der Waals surface area contributed by atoms with E-state index in [2.05, 4.69) is 13.0 Å². The van der Waals surface area contributed by atoms with Crippen LogP contribution in [0.2, 0.25) is 0 Å². The van der Waals surface area contributed by atoms with Crippen molar-refractivity contribution in [3.63, 3.8) is 0 Å². The second-order valence-corrected chi connectivity index (χ2v) is 4.96. The number of carbonyl (C=O) groups excluding carboxylic acids is 1. The van der Waals surface area contributed by atoms with Crippen molar-refractivity contribution in [2.24, 2.45) is 0 Å². The van der Waals surface area contributed by atoms with Gasteiger partial charge in [-0.05, 0) is 36.1 Å². The summed E-state index contributed by atoms with van der Waals surface area (Å²) in [5, 5.41) is 0. The van der Waals surface area contributed by atoms with Gasteiger partial charge in [0, 0.05) is 6.07 Å². The van der Waals surface area contributed by atoms with Gasteiger partial charge in [-0.1, -0.05) is 30.3 Å². The highest BCUT2D eigenvalue weighted by atomic mass is 16.5. The van der Waals surface area contributed by atoms with Gasteiger partial charge in [0.1, 0.15) is 18.1 Å². The molecule has 0 unspecified atom stereocenters. The monoisotopic (exact) mass is 268 g/mol. The van der Waals surface area contributed by atoms with E-state index in [0.29, 0.717) is 18.8 Å². The summed E-state index contributed by atoms with van der Waals surface area (Å²) in [5.41, 5.74) is 3.42. The molecule has 0 amide bonds. The lowest BCUT2D eigenvalue weighted by molar-refractivity contribution is -0.135. The normalized spacial score (nSPS) is 13.6. The highest BCUT2D eigenvalue weighted by molar-refractivity contribution is 5.75. The first-order valence-corrected chi connectivity index (χ1v) is 6.73. The number of fused-ring (bicyclic) bond motifs is 1. The predicted molar refractivity (Wildman–Crippen MR) is 75.9 cm³/mol. The molecule has 0 N–H and O–H groups in total. The lowest BCUT2D eigenvalue weighted by Gasteiger charge is -2.16. The largest absolute Gasteiger partial charge is 0.489 e. The van der Waals surface area contributed by atoms with Crippen LogP contribution in [0, 0.1) is 6.92 Å². The Labute approximate surface area is 118 Å². The van der Waals surface area contributed by atoms with Gasteiger partial charge in [0.25, 0.3) is 0 Å². The Bertz CT molecular complexity index is 646. The van der Waals surface area contributed by atoms with E-state index in [1.54, 1.807) is 6.07 Å². The summed E-state index contributed by atoms with van der Waals surface area (Å²) < 4.78 is 11.0. The van der Waals surface area contributed by atoms with Gasteiger partial charge in [0.15, 0.2) is 0 Å². The number of rotatable bonds is 3. The van der Waals surface area contributed by atoms with Crippen molar-refractivity contribution in [3.8, 4) is 11.5 Å². The van der Waals surface area contributed by atoms with Gasteiger partial charge in [0.05, 0.1) is 6.42 Å². The molecule has 2 aromatic rings. The number of carbonyl (C=O) groups is 1. The molecule has 3 heteroatoms. The first-order chi connectivity index (χ1) is 9.72. The number of hydrogen-bond donors (Lipinski definition) is 0. The molecule has 0 spiro atoms. The molecule has 0 fully saturated rings. The van der Waals surface area contributed by atoms with Gasteiger partial charge in [-0.25, -0.2) is 0 Å². The lowest BCUT2D eigenvalue weighted by Crippen LogP contribution is -2.15. The molecule has 20 heavy (non-hydrogen) atoms. The number of aryl methyl sites for hydroxylation is 2. The topological polar surface area (TPSA) is 35.5 Å². The summed E-state index contributed by atoms with van der Waals surface area (Å²) in [6, 6.07) is 13.8. The second-order valence-electron chi connectivity index (χ2n) is 4.96. The lowest BCUT2D eigenvalue weighted by atomic mass is 10.1. The fraction of sp³-hybridized carbons (Fsp3) is 0.235. The van der Waals surface area contributed by atoms with Crippen LogP contribution in [0.25, 0.3) is 0 Å². The van der Waals surface area contributed by atoms with Gasteiger partial charge in [0.2, 0.25) is 0 Å². The molecule has 0 atom stereocenters. The Balaban J connectivity index is 1.74. The number of ether oxygens (including phenoxy) is 2. The van der Waals surface area contributed by atoms with Crippen molar-refractivity contribution in [2.75, 3.05) is 0 Å². The molecule has 3 rings (SSSR count). The minimum absolute atomic E-state index is 0.173. The van der Waals surface area contributed by atoms with Gasteiger partial charge in [-0.3, -0.25) is 4.79 Å². The van der Waals surface area contributed by atoms with Crippen molar-refractivity contribution in [1.82, 2.24) is 0 Å². The molecular weight excluding hydrogens is 252 g/mol. The smallest absolute Gasteiger partial charge is 0.311 e. The maximum absolute atomic E-state index is 11.3. The van der Waals surface area contributed by atoms with E-state index >= 15 is 0 Å². The van der Waals surface area contributed by atoms with Gasteiger partial charge in [-0.15, -0.1) is 0 Å². The van der Waals surface area contributed by atoms with Crippen LogP contribution in [0.15, 0.2) is 42.5 Å². The summed E-state index contributed by atoms with van der Waals surface area (Å²) >= 11 is 0. The maximum atomic E-state index is 11.3. The first-order valence-electron chi connectivity index (χ1n) is 6.73. The molecule has 0 radical (unpaired) electrons. The van der Waals surface area contributed by atoms with Crippen LogP contribution in [0.3, 0.4) is 0 Å². The van der Waals surface area contributed by atoms with E-state index in [0.717, 1.165) is 23.3 Å². The molecule has 2 aromatic carbocycles. The maximum Gasteiger partial charge on any atom is 0.311 e. The van der Waals surface area contributed by atoms with E-state index in [-0.39, 0.29) is 5.97 Å². The van der Waals surface area contributed by atoms with Gasteiger partial charge < -0.3 is 9.47 Å². The molecular formula is C17H16O3. The zero-order valence-electron chi connectivity index (χ0n) is 11.4. The van der Waals surface area contributed by atoms with E-state index in [4.69, 9.17) is 9.47 Å². The van der Waals surface area contributed by atoms with Crippen LogP contribution >= 0.6 is 0 Å². The Morgan fingerprint density at radius 1 is 1.15 bits per heavy atom. The van der Waals surface area contributed by atoms with Gasteiger partial charge in [-0.2, -0.15) is 0 Å². The zero-order chi connectivity index (χ0) is 13.9. The third-order valence-electron chi connectivity index (χ3n) is 3.52. The zero-order valence-corrected chi connectivity index (χ0v) is 11.4. The molecule has 0 aliphatic carbocycles. The van der Waals surface area contributed by atoms with Crippen LogP contribution in [0.5, 0.6) is 11.5 Å². The van der Waals surface area contributed by atoms with E-state index in [9.17, 15) is 4.79 Å². The van der Waals surface area contributed by atoms with Crippen LogP contribution in [0.4, 0.5) is 0 Å². The summed E-state index contributed by atoms with van der Waals surface area (Å²) in [7, 11) is 0. The van der Waals surface area contributed by atoms with Crippen LogP contribution in [0.1, 0.15) is 23.1 Å². The highest BCUT2D eigenvalue weighted by Crippen LogP contribution is 2.29. The quantitative estimate of drug-likeness (QED) is 0.632. The molecule has 0 saturated carbocycles. The molecule has 102 valence electrons. The van der Waals surface area contributed by atoms with E-state index < -0.39 is 0 Å². The number of esters is 1. The molecule has 0 aromatic heterocycles. The van der Waals surface area contributed by atoms with Crippen molar-refractivity contribution in [3.05, 3.63) is 59.2 Å². The average Bonchev–Trinajstić information content (AvgIpc) is 2.46. The molecule has 1 aliphatic heterocycles. The number of hydrogen-bond acceptors (Lipinski definition) is 3. The van der Waals surface area contributed by atoms with Crippen LogP contribution in [-0.4, -0.2) is 5.97 Å². The first kappa shape index (κ1) is 12.7. The Kier molecular flexibility index (Phi) is 3.42. The summed E-state index contributed by atoms with van der Waals surface area (Å²) in [6.45, 7) is 2.58. The Hall–Kier alpha value is -2.29. The van der Waals surface area contributed by atoms with Gasteiger partial charge >= 0.3 is 5.97 Å². The van der Waals surface area contributed by atoms with Crippen molar-refractivity contribution in [1.29, 1.82) is 0 Å². The molecule has 1 aliphatic rings. The van der Waals surface area contributed by atoms with Crippen molar-refractivity contribution in [2.45, 2.75) is 26.4 Å². The van der Waals surface area contributed by atoms with E-state index in [1.807, 2.05) is 30.3 Å². The molecule has 1 heterocycles. The molecule has 0 saturated heterocycles. The fourth-order valence-electron chi connectivity index (χ4n) is 2.27. The number of benzene rings is 2. The van der Waals surface area contributed by atoms with Crippen molar-refractivity contribution < 1.29 is 14.3 Å². The molecule has 3 nitrogen and oxygen atoms in total. The van der Waals surface area contributed by atoms with Crippen molar-refractivity contribution >= 4 is 5.97 Å². The van der Waals surface area contributed by atoms with Crippen LogP contribution < -0.4 is 9.47 Å². The summed E-state index contributed by atoms with van der Waals surface area (Å²) in [4.78, 5) is 11.3. The van der Waals surface area contributed by atoms with E-state index in [1.165, 1.54) is 5.56 Å². The average molecular weight is 268 g/mol. The second kappa shape index (κ2) is 5.37. The minimum atomic E-state index is -0.173. The predicted octanol–water partition coefficient (Wildman–Crippen LogP) is 3.43. The van der Waals surface area contributed by atoms with Crippen LogP contribution in [-0.2, 0) is 17.8 Å². The fourth-order valence-corrected chi connectivity index (χ4v) is 2.27. The summed E-state index contributed by atoms with van der Waals surface area (Å²) in [5.74, 6) is 1.18. The standard InChI is InChI=1S/C17H16O3/c1-12-4-2-3-5-14(12)11-19-15-8-6-13-7-9-17(18)20-16(13)10-15/h2-6,8,10H,7,9,11H2,1H3. The minimum Gasteiger partial charge on any atom is -0.489 e. The third-order valence-corrected chi connectivity index (χ3v) is 3.52. The SMILES string of the molecule is Cc1ccccc1COc1ccc2c(c1)OC(=O)CC2. The Morgan fingerprint density at radius 3 is 2.85 bits per heavy atom. The molecule has 0 bridgehead atoms. The highest BCUT2D eigenvalue weighted by Gasteiger charge is 2.17. The summed E-state index contributed by atoms with van der Waals surface area (Å²) in [6.07, 6.45) is 1.20.